The summed E-state index contributed by atoms with van der Waals surface area (Å²) >= 11 is 0. The van der Waals surface area contributed by atoms with Crippen LogP contribution in [0.1, 0.15) is 50.8 Å². The number of anilines is 2. The monoisotopic (exact) mass is 430 g/mol. The predicted octanol–water partition coefficient (Wildman–Crippen LogP) is 4.46. The van der Waals surface area contributed by atoms with Crippen LogP contribution in [0, 0.1) is 12.3 Å². The molecule has 1 aromatic carbocycles. The van der Waals surface area contributed by atoms with Gasteiger partial charge in [0.05, 0.1) is 10.6 Å². The van der Waals surface area contributed by atoms with Crippen LogP contribution in [-0.4, -0.2) is 44.4 Å². The molecule has 164 valence electrons. The summed E-state index contributed by atoms with van der Waals surface area (Å²) in [6.45, 7) is 10.3. The zero-order valence-electron chi connectivity index (χ0n) is 18.7. The fourth-order valence-electron chi connectivity index (χ4n) is 3.78. The van der Waals surface area contributed by atoms with Gasteiger partial charge in [0.2, 0.25) is 10.0 Å². The van der Waals surface area contributed by atoms with E-state index in [0.717, 1.165) is 42.1 Å². The van der Waals surface area contributed by atoms with Crippen molar-refractivity contribution in [3.8, 4) is 0 Å². The molecule has 7 heteroatoms. The van der Waals surface area contributed by atoms with E-state index in [0.29, 0.717) is 18.0 Å². The van der Waals surface area contributed by atoms with Crippen LogP contribution < -0.4 is 10.6 Å². The minimum atomic E-state index is -3.50. The first-order chi connectivity index (χ1) is 14.1. The van der Waals surface area contributed by atoms with Gasteiger partial charge in [-0.1, -0.05) is 39.0 Å². The van der Waals surface area contributed by atoms with Gasteiger partial charge in [-0.2, -0.15) is 4.31 Å². The summed E-state index contributed by atoms with van der Waals surface area (Å²) in [6, 6.07) is 11.3. The zero-order valence-corrected chi connectivity index (χ0v) is 19.5. The van der Waals surface area contributed by atoms with Crippen LogP contribution in [0.25, 0.3) is 0 Å². The lowest BCUT2D eigenvalue weighted by molar-refractivity contribution is 0.312. The molecule has 0 spiro atoms. The van der Waals surface area contributed by atoms with Gasteiger partial charge in [0.15, 0.2) is 0 Å². The normalized spacial score (nSPS) is 18.2. The third-order valence-electron chi connectivity index (χ3n) is 5.48. The Morgan fingerprint density at radius 3 is 2.57 bits per heavy atom. The number of aromatic nitrogens is 1. The van der Waals surface area contributed by atoms with E-state index >= 15 is 0 Å². The van der Waals surface area contributed by atoms with E-state index in [9.17, 15) is 8.42 Å². The van der Waals surface area contributed by atoms with E-state index in [2.05, 4.69) is 37.5 Å². The number of nitrogens with one attached hydrogen (secondary N) is 2. The first-order valence-corrected chi connectivity index (χ1v) is 12.0. The van der Waals surface area contributed by atoms with Gasteiger partial charge in [-0.3, -0.25) is 0 Å². The molecule has 1 aliphatic rings. The molecule has 6 nitrogen and oxygen atoms in total. The molecule has 1 saturated heterocycles. The molecule has 1 unspecified atom stereocenters. The van der Waals surface area contributed by atoms with Gasteiger partial charge in [-0.15, -0.1) is 0 Å². The maximum Gasteiger partial charge on any atom is 0.243 e. The minimum Gasteiger partial charge on any atom is -0.382 e. The summed E-state index contributed by atoms with van der Waals surface area (Å²) in [5, 5.41) is 6.64. The summed E-state index contributed by atoms with van der Waals surface area (Å²) in [5.74, 6) is 0.886. The summed E-state index contributed by atoms with van der Waals surface area (Å²) in [7, 11) is -1.64. The molecule has 30 heavy (non-hydrogen) atoms. The SMILES string of the molecule is CNc1nc(C2CCCN(S(=O)(=O)c3ccccc3C)C2)ccc1NCC(C)(C)C. The highest BCUT2D eigenvalue weighted by atomic mass is 32.2. The van der Waals surface area contributed by atoms with E-state index in [4.69, 9.17) is 4.98 Å². The van der Waals surface area contributed by atoms with E-state index in [-0.39, 0.29) is 11.3 Å². The van der Waals surface area contributed by atoms with Crippen molar-refractivity contribution in [1.29, 1.82) is 0 Å². The zero-order chi connectivity index (χ0) is 21.9. The summed E-state index contributed by atoms with van der Waals surface area (Å²) < 4.78 is 28.1. The van der Waals surface area contributed by atoms with Crippen molar-refractivity contribution in [2.75, 3.05) is 37.3 Å². The number of pyridine rings is 1. The predicted molar refractivity (Wildman–Crippen MR) is 124 cm³/mol. The molecule has 3 rings (SSSR count). The lowest BCUT2D eigenvalue weighted by atomic mass is 9.95. The van der Waals surface area contributed by atoms with Gasteiger partial charge in [0.1, 0.15) is 5.82 Å². The molecule has 0 saturated carbocycles. The number of aryl methyl sites for hydroxylation is 1. The second kappa shape index (κ2) is 8.94. The van der Waals surface area contributed by atoms with Gasteiger partial charge < -0.3 is 10.6 Å². The first kappa shape index (κ1) is 22.6. The van der Waals surface area contributed by atoms with Crippen LogP contribution in [0.3, 0.4) is 0 Å². The molecule has 2 aromatic rings. The van der Waals surface area contributed by atoms with Crippen molar-refractivity contribution in [1.82, 2.24) is 9.29 Å². The number of hydrogen-bond donors (Lipinski definition) is 2. The van der Waals surface area contributed by atoms with E-state index < -0.39 is 10.0 Å². The number of piperidine rings is 1. The van der Waals surface area contributed by atoms with Crippen LogP contribution >= 0.6 is 0 Å². The fraction of sp³-hybridized carbons (Fsp3) is 0.522. The molecule has 0 aliphatic carbocycles. The molecule has 2 N–H and O–H groups in total. The third kappa shape index (κ3) is 5.13. The Morgan fingerprint density at radius 1 is 1.17 bits per heavy atom. The average Bonchev–Trinajstić information content (AvgIpc) is 2.72. The quantitative estimate of drug-likeness (QED) is 0.708. The Kier molecular flexibility index (Phi) is 6.72. The third-order valence-corrected chi connectivity index (χ3v) is 7.50. The molecule has 0 amide bonds. The summed E-state index contributed by atoms with van der Waals surface area (Å²) in [5.41, 5.74) is 2.85. The maximum atomic E-state index is 13.2. The van der Waals surface area contributed by atoms with Crippen molar-refractivity contribution < 1.29 is 8.42 Å². The van der Waals surface area contributed by atoms with Crippen molar-refractivity contribution in [3.05, 3.63) is 47.7 Å². The highest BCUT2D eigenvalue weighted by Gasteiger charge is 2.32. The topological polar surface area (TPSA) is 74.3 Å². The number of nitrogens with zero attached hydrogens (tertiary/aromatic N) is 2. The van der Waals surface area contributed by atoms with Gasteiger partial charge >= 0.3 is 0 Å². The van der Waals surface area contributed by atoms with Crippen molar-refractivity contribution >= 4 is 21.5 Å². The molecule has 1 aliphatic heterocycles. The van der Waals surface area contributed by atoms with Gasteiger partial charge in [0.25, 0.3) is 0 Å². The molecule has 1 atom stereocenters. The molecule has 1 aromatic heterocycles. The van der Waals surface area contributed by atoms with Crippen LogP contribution in [-0.2, 0) is 10.0 Å². The summed E-state index contributed by atoms with van der Waals surface area (Å²) in [4.78, 5) is 5.23. The van der Waals surface area contributed by atoms with E-state index in [1.807, 2.05) is 32.2 Å². The van der Waals surface area contributed by atoms with Crippen molar-refractivity contribution in [2.24, 2.45) is 5.41 Å². The summed E-state index contributed by atoms with van der Waals surface area (Å²) in [6.07, 6.45) is 1.76. The lowest BCUT2D eigenvalue weighted by Crippen LogP contribution is -2.39. The molecule has 0 bridgehead atoms. The molecular weight excluding hydrogens is 396 g/mol. The molecule has 2 heterocycles. The van der Waals surface area contributed by atoms with E-state index in [1.165, 1.54) is 0 Å². The lowest BCUT2D eigenvalue weighted by Gasteiger charge is -2.32. The Labute approximate surface area is 181 Å². The Balaban J connectivity index is 1.80. The standard InChI is InChI=1S/C23H34N4O2S/c1-17-9-6-7-11-21(17)30(28,29)27-14-8-10-18(15-27)19-12-13-20(22(24-5)26-19)25-16-23(2,3)4/h6-7,9,11-13,18,25H,8,10,14-16H2,1-5H3,(H,24,26). The molecular formula is C23H34N4O2S. The highest BCUT2D eigenvalue weighted by Crippen LogP contribution is 2.32. The number of hydrogen-bond acceptors (Lipinski definition) is 5. The van der Waals surface area contributed by atoms with Crippen LogP contribution in [0.5, 0.6) is 0 Å². The Bertz CT molecular complexity index is 983. The fourth-order valence-corrected chi connectivity index (χ4v) is 5.53. The minimum absolute atomic E-state index is 0.0845. The van der Waals surface area contributed by atoms with Gasteiger partial charge in [-0.05, 0) is 48.9 Å². The highest BCUT2D eigenvalue weighted by molar-refractivity contribution is 7.89. The van der Waals surface area contributed by atoms with Crippen LogP contribution in [0.15, 0.2) is 41.3 Å². The maximum absolute atomic E-state index is 13.2. The number of sulfonamides is 1. The van der Waals surface area contributed by atoms with E-state index in [1.54, 1.807) is 16.4 Å². The molecule has 1 fully saturated rings. The van der Waals surface area contributed by atoms with Gasteiger partial charge in [0, 0.05) is 38.3 Å². The number of rotatable bonds is 6. The van der Waals surface area contributed by atoms with Crippen molar-refractivity contribution in [3.63, 3.8) is 0 Å². The Hall–Kier alpha value is -2.12. The Morgan fingerprint density at radius 2 is 1.90 bits per heavy atom. The largest absolute Gasteiger partial charge is 0.382 e. The van der Waals surface area contributed by atoms with Crippen molar-refractivity contribution in [2.45, 2.75) is 51.3 Å². The van der Waals surface area contributed by atoms with Crippen LogP contribution in [0.4, 0.5) is 11.5 Å². The smallest absolute Gasteiger partial charge is 0.243 e. The van der Waals surface area contributed by atoms with Crippen LogP contribution in [0.2, 0.25) is 0 Å². The first-order valence-electron chi connectivity index (χ1n) is 10.6. The second-order valence-corrected chi connectivity index (χ2v) is 11.2. The van der Waals surface area contributed by atoms with Gasteiger partial charge in [-0.25, -0.2) is 13.4 Å². The number of benzene rings is 1. The second-order valence-electron chi connectivity index (χ2n) is 9.26. The molecule has 0 radical (unpaired) electrons. The average molecular weight is 431 g/mol.